The second-order valence-corrected chi connectivity index (χ2v) is 7.15. The molecule has 3 N–H and O–H groups in total. The van der Waals surface area contributed by atoms with Crippen LogP contribution in [0.2, 0.25) is 0 Å². The van der Waals surface area contributed by atoms with E-state index >= 15 is 0 Å². The van der Waals surface area contributed by atoms with Crippen LogP contribution < -0.4 is 15.8 Å². The maximum absolute atomic E-state index is 6.05. The van der Waals surface area contributed by atoms with Crippen molar-refractivity contribution in [1.29, 1.82) is 0 Å². The fourth-order valence-electron chi connectivity index (χ4n) is 3.26. The monoisotopic (exact) mass is 382 g/mol. The molecule has 1 fully saturated rings. The number of aliphatic imine (C=N–C) groups is 1. The zero-order valence-corrected chi connectivity index (χ0v) is 16.8. The second kappa shape index (κ2) is 10.1. The highest BCUT2D eigenvalue weighted by molar-refractivity contribution is 5.92. The highest BCUT2D eigenvalue weighted by Crippen LogP contribution is 2.15. The number of nitrogens with two attached hydrogens (primary N) is 1. The van der Waals surface area contributed by atoms with Crippen LogP contribution in [0, 0.1) is 13.8 Å². The summed E-state index contributed by atoms with van der Waals surface area (Å²) in [5.74, 6) is 1.27. The quantitative estimate of drug-likeness (QED) is 0.569. The molecular weight excluding hydrogens is 352 g/mol. The van der Waals surface area contributed by atoms with E-state index in [2.05, 4.69) is 47.3 Å². The molecule has 0 saturated carbocycles. The Labute approximate surface area is 167 Å². The predicted octanol–water partition coefficient (Wildman–Crippen LogP) is 2.94. The van der Waals surface area contributed by atoms with Crippen molar-refractivity contribution in [3.8, 4) is 5.75 Å². The van der Waals surface area contributed by atoms with E-state index < -0.39 is 0 Å². The number of nitrogens with zero attached hydrogens (tertiary/aromatic N) is 2. The Hall–Kier alpha value is -2.57. The van der Waals surface area contributed by atoms with Gasteiger partial charge in [0.15, 0.2) is 5.96 Å². The number of hydrogen-bond acceptors (Lipinski definition) is 4. The minimum atomic E-state index is 0.406. The molecule has 0 radical (unpaired) electrons. The van der Waals surface area contributed by atoms with Crippen molar-refractivity contribution in [2.75, 3.05) is 44.8 Å². The van der Waals surface area contributed by atoms with Crippen LogP contribution in [0.3, 0.4) is 0 Å². The van der Waals surface area contributed by atoms with Gasteiger partial charge < -0.3 is 20.5 Å². The van der Waals surface area contributed by atoms with Gasteiger partial charge in [-0.1, -0.05) is 18.2 Å². The summed E-state index contributed by atoms with van der Waals surface area (Å²) in [5.41, 5.74) is 10.5. The van der Waals surface area contributed by atoms with Crippen molar-refractivity contribution in [2.24, 2.45) is 10.7 Å². The Bertz CT molecular complexity index is 781. The lowest BCUT2D eigenvalue weighted by atomic mass is 10.1. The number of guanidine groups is 1. The number of nitrogens with one attached hydrogen (secondary N) is 1. The minimum Gasteiger partial charge on any atom is -0.492 e. The number of aryl methyl sites for hydroxylation is 2. The molecule has 2 aromatic carbocycles. The first-order valence-electron chi connectivity index (χ1n) is 9.75. The van der Waals surface area contributed by atoms with Crippen LogP contribution in [0.5, 0.6) is 5.75 Å². The number of hydrogen-bond donors (Lipinski definition) is 2. The van der Waals surface area contributed by atoms with Crippen LogP contribution in [0.25, 0.3) is 0 Å². The Kier molecular flexibility index (Phi) is 7.28. The van der Waals surface area contributed by atoms with Gasteiger partial charge in [-0.05, 0) is 54.8 Å². The van der Waals surface area contributed by atoms with Crippen molar-refractivity contribution in [2.45, 2.75) is 20.4 Å². The lowest BCUT2D eigenvalue weighted by Crippen LogP contribution is -2.38. The Balaban J connectivity index is 1.49. The van der Waals surface area contributed by atoms with E-state index in [1.54, 1.807) is 0 Å². The Morgan fingerprint density at radius 3 is 2.64 bits per heavy atom. The molecular formula is C22H30N4O2. The molecule has 1 aliphatic heterocycles. The molecule has 0 unspecified atom stereocenters. The third-order valence-corrected chi connectivity index (χ3v) is 4.60. The van der Waals surface area contributed by atoms with E-state index in [1.165, 1.54) is 11.1 Å². The first kappa shape index (κ1) is 20.2. The molecule has 28 heavy (non-hydrogen) atoms. The zero-order chi connectivity index (χ0) is 19.8. The third kappa shape index (κ3) is 6.55. The van der Waals surface area contributed by atoms with Gasteiger partial charge in [-0.25, -0.2) is 4.99 Å². The highest BCUT2D eigenvalue weighted by Gasteiger charge is 2.09. The van der Waals surface area contributed by atoms with Crippen molar-refractivity contribution in [1.82, 2.24) is 4.90 Å². The average Bonchev–Trinajstić information content (AvgIpc) is 2.67. The molecule has 0 atom stereocenters. The Morgan fingerprint density at radius 1 is 1.14 bits per heavy atom. The largest absolute Gasteiger partial charge is 0.492 e. The molecule has 150 valence electrons. The van der Waals surface area contributed by atoms with Crippen LogP contribution in [-0.4, -0.2) is 50.3 Å². The van der Waals surface area contributed by atoms with Crippen molar-refractivity contribution >= 4 is 11.6 Å². The van der Waals surface area contributed by atoms with E-state index in [-0.39, 0.29) is 0 Å². The zero-order valence-electron chi connectivity index (χ0n) is 16.8. The minimum absolute atomic E-state index is 0.406. The average molecular weight is 383 g/mol. The molecule has 1 saturated heterocycles. The van der Waals surface area contributed by atoms with Gasteiger partial charge in [-0.2, -0.15) is 0 Å². The fourth-order valence-corrected chi connectivity index (χ4v) is 3.26. The summed E-state index contributed by atoms with van der Waals surface area (Å²) in [6, 6.07) is 14.3. The number of rotatable bonds is 7. The summed E-state index contributed by atoms with van der Waals surface area (Å²) < 4.78 is 11.3. The van der Waals surface area contributed by atoms with Gasteiger partial charge in [-0.3, -0.25) is 4.90 Å². The molecule has 3 rings (SSSR count). The lowest BCUT2D eigenvalue weighted by molar-refractivity contribution is 0.0322. The van der Waals surface area contributed by atoms with Gasteiger partial charge in [0.05, 0.1) is 19.8 Å². The van der Waals surface area contributed by atoms with Gasteiger partial charge in [-0.15, -0.1) is 0 Å². The van der Waals surface area contributed by atoms with E-state index in [0.29, 0.717) is 19.1 Å². The molecule has 2 aromatic rings. The summed E-state index contributed by atoms with van der Waals surface area (Å²) in [7, 11) is 0. The molecule has 6 heteroatoms. The lowest BCUT2D eigenvalue weighted by Gasteiger charge is -2.26. The van der Waals surface area contributed by atoms with Gasteiger partial charge >= 0.3 is 0 Å². The molecule has 1 aliphatic rings. The molecule has 6 nitrogen and oxygen atoms in total. The van der Waals surface area contributed by atoms with Crippen LogP contribution >= 0.6 is 0 Å². The normalized spacial score (nSPS) is 15.4. The number of ether oxygens (including phenoxy) is 2. The number of benzene rings is 2. The smallest absolute Gasteiger partial charge is 0.193 e. The maximum Gasteiger partial charge on any atom is 0.193 e. The second-order valence-electron chi connectivity index (χ2n) is 7.15. The van der Waals surface area contributed by atoms with E-state index in [0.717, 1.165) is 49.8 Å². The van der Waals surface area contributed by atoms with Crippen molar-refractivity contribution < 1.29 is 9.47 Å². The number of morpholine rings is 1. The Morgan fingerprint density at radius 2 is 1.89 bits per heavy atom. The molecule has 0 aromatic heterocycles. The van der Waals surface area contributed by atoms with Gasteiger partial charge in [0, 0.05) is 25.3 Å². The molecule has 0 spiro atoms. The summed E-state index contributed by atoms with van der Waals surface area (Å²) >= 11 is 0. The SMILES string of the molecule is Cc1cc(C)cc(NC(N)=NCc2cccc(OCCN3CCOCC3)c2)c1. The summed E-state index contributed by atoms with van der Waals surface area (Å²) in [4.78, 5) is 6.81. The first-order chi connectivity index (χ1) is 13.6. The third-order valence-electron chi connectivity index (χ3n) is 4.60. The van der Waals surface area contributed by atoms with Crippen LogP contribution in [0.1, 0.15) is 16.7 Å². The molecule has 0 amide bonds. The van der Waals surface area contributed by atoms with Crippen LogP contribution in [0.4, 0.5) is 5.69 Å². The van der Waals surface area contributed by atoms with Crippen molar-refractivity contribution in [3.63, 3.8) is 0 Å². The summed E-state index contributed by atoms with van der Waals surface area (Å²) in [5, 5.41) is 3.16. The highest BCUT2D eigenvalue weighted by atomic mass is 16.5. The van der Waals surface area contributed by atoms with Gasteiger partial charge in [0.25, 0.3) is 0 Å². The number of anilines is 1. The molecule has 0 bridgehead atoms. The summed E-state index contributed by atoms with van der Waals surface area (Å²) in [6.07, 6.45) is 0. The van der Waals surface area contributed by atoms with Crippen LogP contribution in [-0.2, 0) is 11.3 Å². The van der Waals surface area contributed by atoms with Gasteiger partial charge in [0.1, 0.15) is 12.4 Å². The first-order valence-corrected chi connectivity index (χ1v) is 9.75. The van der Waals surface area contributed by atoms with E-state index in [4.69, 9.17) is 15.2 Å². The topological polar surface area (TPSA) is 72.1 Å². The fraction of sp³-hybridized carbons (Fsp3) is 0.409. The maximum atomic E-state index is 6.05. The van der Waals surface area contributed by atoms with E-state index in [9.17, 15) is 0 Å². The predicted molar refractivity (Wildman–Crippen MR) is 114 cm³/mol. The molecule has 0 aliphatic carbocycles. The van der Waals surface area contributed by atoms with Gasteiger partial charge in [0.2, 0.25) is 0 Å². The van der Waals surface area contributed by atoms with Crippen LogP contribution in [0.15, 0.2) is 47.5 Å². The summed E-state index contributed by atoms with van der Waals surface area (Å²) in [6.45, 7) is 9.80. The standard InChI is InChI=1S/C22H30N4O2/c1-17-12-18(2)14-20(13-17)25-22(23)24-16-19-4-3-5-21(15-19)28-11-8-26-6-9-27-10-7-26/h3-5,12-15H,6-11,16H2,1-2H3,(H3,23,24,25). The van der Waals surface area contributed by atoms with Crippen molar-refractivity contribution in [3.05, 3.63) is 59.2 Å². The molecule has 1 heterocycles. The van der Waals surface area contributed by atoms with E-state index in [1.807, 2.05) is 24.3 Å².